The summed E-state index contributed by atoms with van der Waals surface area (Å²) in [6, 6.07) is 1.06. The molecule has 0 nitrogen and oxygen atoms in total. The first kappa shape index (κ1) is 24.5. The van der Waals surface area contributed by atoms with E-state index < -0.39 is 0 Å². The van der Waals surface area contributed by atoms with Crippen LogP contribution in [0.3, 0.4) is 0 Å². The van der Waals surface area contributed by atoms with Crippen LogP contribution < -0.4 is 56.6 Å². The zero-order chi connectivity index (χ0) is 2.71. The summed E-state index contributed by atoms with van der Waals surface area (Å²) >= 11 is 0. The maximum absolute atomic E-state index is 3.18. The van der Waals surface area contributed by atoms with Crippen LogP contribution >= 0.6 is 0 Å². The third-order valence-corrected chi connectivity index (χ3v) is 0. The third-order valence-electron chi connectivity index (χ3n) is 0. The first-order chi connectivity index (χ1) is 1.41. The van der Waals surface area contributed by atoms with Gasteiger partial charge in [-0.3, -0.25) is 0 Å². The molecule has 0 aliphatic rings. The summed E-state index contributed by atoms with van der Waals surface area (Å²) < 4.78 is 0. The molecule has 0 aliphatic carbocycles. The smallest absolute Gasteiger partial charge is 0.673 e. The number of hydrogen-bond acceptors (Lipinski definition) is 0. The van der Waals surface area contributed by atoms with Crippen molar-refractivity contribution < 1.29 is 56.6 Å². The van der Waals surface area contributed by atoms with Crippen molar-refractivity contribution in [2.75, 3.05) is 0 Å². The van der Waals surface area contributed by atoms with Gasteiger partial charge in [0, 0.05) is 0 Å². The molecule has 0 spiro atoms. The standard InChI is InChI=1S/C2H5Si.3Li/c1-2-3;;;/h2H2,1H3;;;/q-1;3*+1. The Morgan fingerprint density at radius 2 is 1.17 bits per heavy atom. The van der Waals surface area contributed by atoms with Gasteiger partial charge in [0.2, 0.25) is 0 Å². The first-order valence-corrected chi connectivity index (χ1v) is 1.77. The average molecular weight is 78.0 g/mol. The van der Waals surface area contributed by atoms with Crippen molar-refractivity contribution in [3.8, 4) is 0 Å². The Morgan fingerprint density at radius 3 is 1.17 bits per heavy atom. The number of rotatable bonds is 0. The molecule has 0 fully saturated rings. The Kier molecular flexibility index (Phi) is 114. The molecule has 0 bridgehead atoms. The monoisotopic (exact) mass is 78.1 g/mol. The van der Waals surface area contributed by atoms with Gasteiger partial charge in [0.25, 0.3) is 0 Å². The van der Waals surface area contributed by atoms with Gasteiger partial charge < -0.3 is 10.2 Å². The average Bonchev–Trinajstić information content (AvgIpc) is 0.918. The predicted octanol–water partition coefficient (Wildman–Crippen LogP) is -8.39. The van der Waals surface area contributed by atoms with Gasteiger partial charge in [0.15, 0.2) is 0 Å². The fourth-order valence-corrected chi connectivity index (χ4v) is 0. The van der Waals surface area contributed by atoms with Gasteiger partial charge in [0.1, 0.15) is 0 Å². The van der Waals surface area contributed by atoms with Crippen LogP contribution in [0.1, 0.15) is 6.92 Å². The summed E-state index contributed by atoms with van der Waals surface area (Å²) in [7, 11) is 3.18. The first-order valence-electron chi connectivity index (χ1n) is 1.06. The summed E-state index contributed by atoms with van der Waals surface area (Å²) in [5, 5.41) is 0. The van der Waals surface area contributed by atoms with E-state index >= 15 is 0 Å². The van der Waals surface area contributed by atoms with Crippen LogP contribution in [0.15, 0.2) is 0 Å². The summed E-state index contributed by atoms with van der Waals surface area (Å²) in [6.07, 6.45) is 0. The molecular formula is C2H5Li3Si+2. The molecule has 0 aliphatic heterocycles. The van der Waals surface area contributed by atoms with Crippen LogP contribution in [0.4, 0.5) is 0 Å². The van der Waals surface area contributed by atoms with E-state index in [1.54, 1.807) is 0 Å². The third kappa shape index (κ3) is 37.4. The summed E-state index contributed by atoms with van der Waals surface area (Å²) in [6.45, 7) is 2.04. The van der Waals surface area contributed by atoms with Gasteiger partial charge in [0.05, 0.1) is 0 Å². The fraction of sp³-hybridized carbons (Fsp3) is 1.00. The molecule has 0 aromatic carbocycles. The molecule has 0 amide bonds. The van der Waals surface area contributed by atoms with Gasteiger partial charge >= 0.3 is 56.6 Å². The zero-order valence-electron chi connectivity index (χ0n) is 5.21. The Morgan fingerprint density at radius 1 is 1.17 bits per heavy atom. The van der Waals surface area contributed by atoms with Gasteiger partial charge in [-0.1, -0.05) is 0 Å². The molecular weight excluding hydrogens is 72.9 g/mol. The Labute approximate surface area is 79.2 Å². The van der Waals surface area contributed by atoms with Crippen molar-refractivity contribution in [2.24, 2.45) is 0 Å². The minimum atomic E-state index is 0. The molecule has 4 heteroatoms. The van der Waals surface area contributed by atoms with E-state index in [1.807, 2.05) is 6.92 Å². The largest absolute Gasteiger partial charge is 1.00 e. The van der Waals surface area contributed by atoms with E-state index in [4.69, 9.17) is 0 Å². The molecule has 0 N–H and O–H groups in total. The maximum Gasteiger partial charge on any atom is 1.00 e. The van der Waals surface area contributed by atoms with Gasteiger partial charge in [-0.15, -0.1) is 6.92 Å². The molecule has 0 saturated carbocycles. The second-order valence-electron chi connectivity index (χ2n) is 0.354. The van der Waals surface area contributed by atoms with Crippen LogP contribution in [0.2, 0.25) is 6.04 Å². The minimum Gasteiger partial charge on any atom is -0.673 e. The van der Waals surface area contributed by atoms with Crippen molar-refractivity contribution in [3.05, 3.63) is 0 Å². The Hall–Kier alpha value is 2.01. The second kappa shape index (κ2) is 28.0. The van der Waals surface area contributed by atoms with Crippen molar-refractivity contribution >= 4 is 10.2 Å². The van der Waals surface area contributed by atoms with Crippen molar-refractivity contribution in [1.82, 2.24) is 0 Å². The summed E-state index contributed by atoms with van der Waals surface area (Å²) in [5.41, 5.74) is 0. The van der Waals surface area contributed by atoms with E-state index in [2.05, 4.69) is 10.2 Å². The fourth-order valence-electron chi connectivity index (χ4n) is 0. The summed E-state index contributed by atoms with van der Waals surface area (Å²) in [5.74, 6) is 0. The number of hydrogen-bond donors (Lipinski definition) is 0. The van der Waals surface area contributed by atoms with Gasteiger partial charge in [-0.05, 0) is 0 Å². The van der Waals surface area contributed by atoms with Crippen LogP contribution in [0.25, 0.3) is 0 Å². The van der Waals surface area contributed by atoms with Crippen molar-refractivity contribution in [3.63, 3.8) is 0 Å². The molecule has 0 atom stereocenters. The van der Waals surface area contributed by atoms with Gasteiger partial charge in [-0.25, -0.2) is 6.04 Å². The minimum absolute atomic E-state index is 0. The van der Waals surface area contributed by atoms with E-state index in [0.29, 0.717) is 0 Å². The normalized spacial score (nSPS) is 3.00. The molecule has 6 heavy (non-hydrogen) atoms. The summed E-state index contributed by atoms with van der Waals surface area (Å²) in [4.78, 5) is 0. The molecule has 0 heterocycles. The maximum atomic E-state index is 3.18. The molecule has 2 radical (unpaired) electrons. The molecule has 0 aromatic heterocycles. The Bertz CT molecular complexity index is 8.75. The van der Waals surface area contributed by atoms with Crippen molar-refractivity contribution in [1.29, 1.82) is 0 Å². The van der Waals surface area contributed by atoms with E-state index in [9.17, 15) is 0 Å². The van der Waals surface area contributed by atoms with Crippen molar-refractivity contribution in [2.45, 2.75) is 13.0 Å². The van der Waals surface area contributed by atoms with Crippen LogP contribution in [-0.2, 0) is 0 Å². The molecule has 0 saturated heterocycles. The second-order valence-corrected chi connectivity index (χ2v) is 1.06. The SMILES string of the molecule is CC[Si-].[Li+].[Li+].[Li+]. The predicted molar refractivity (Wildman–Crippen MR) is 16.2 cm³/mol. The molecule has 0 rings (SSSR count). The molecule has 0 unspecified atom stereocenters. The Balaban J connectivity index is -0.00000000667. The quantitative estimate of drug-likeness (QED) is 0.252. The van der Waals surface area contributed by atoms with Gasteiger partial charge in [-0.2, -0.15) is 0 Å². The zero-order valence-corrected chi connectivity index (χ0v) is 6.21. The topological polar surface area (TPSA) is 0 Å². The van der Waals surface area contributed by atoms with E-state index in [0.717, 1.165) is 6.04 Å². The van der Waals surface area contributed by atoms with Crippen LogP contribution in [0.5, 0.6) is 0 Å². The van der Waals surface area contributed by atoms with Crippen LogP contribution in [0, 0.1) is 0 Å². The van der Waals surface area contributed by atoms with E-state index in [-0.39, 0.29) is 56.6 Å². The van der Waals surface area contributed by atoms with Crippen LogP contribution in [-0.4, -0.2) is 10.2 Å². The molecule has 0 aromatic rings. The van der Waals surface area contributed by atoms with E-state index in [1.165, 1.54) is 0 Å². The molecule has 18 valence electrons.